The Kier molecular flexibility index (Phi) is 12.8. The second kappa shape index (κ2) is 15.3. The maximum absolute atomic E-state index is 12.1. The predicted molar refractivity (Wildman–Crippen MR) is 151 cm³/mol. The van der Waals surface area contributed by atoms with Crippen molar-refractivity contribution in [2.24, 2.45) is 5.92 Å². The molecule has 0 aliphatic carbocycles. The van der Waals surface area contributed by atoms with E-state index in [1.807, 2.05) is 46.8 Å². The van der Waals surface area contributed by atoms with Crippen molar-refractivity contribution in [3.8, 4) is 5.88 Å². The van der Waals surface area contributed by atoms with Gasteiger partial charge in [-0.3, -0.25) is 4.79 Å². The fourth-order valence-corrected chi connectivity index (χ4v) is 4.45. The number of hydrogen-bond donors (Lipinski definition) is 5. The van der Waals surface area contributed by atoms with Crippen LogP contribution in [0.4, 0.5) is 0 Å². The largest absolute Gasteiger partial charge is 0.482 e. The Bertz CT molecular complexity index is 1120. The number of pyridine rings is 1. The maximum atomic E-state index is 12.1. The van der Waals surface area contributed by atoms with Crippen LogP contribution in [0.25, 0.3) is 0 Å². The van der Waals surface area contributed by atoms with Gasteiger partial charge in [-0.15, -0.1) is 0 Å². The summed E-state index contributed by atoms with van der Waals surface area (Å²) >= 11 is 0. The number of ether oxygens (including phenoxy) is 3. The van der Waals surface area contributed by atoms with Crippen LogP contribution in [0.5, 0.6) is 5.88 Å². The second-order valence-corrected chi connectivity index (χ2v) is 10.2. The summed E-state index contributed by atoms with van der Waals surface area (Å²) in [5, 5.41) is 40.1. The van der Waals surface area contributed by atoms with Crippen LogP contribution in [-0.2, 0) is 15.9 Å². The first-order valence-electron chi connectivity index (χ1n) is 13.3. The van der Waals surface area contributed by atoms with Crippen molar-refractivity contribution in [3.05, 3.63) is 74.6 Å². The molecule has 0 radical (unpaired) electrons. The third-order valence-corrected chi connectivity index (χ3v) is 7.09. The van der Waals surface area contributed by atoms with Gasteiger partial charge in [0.25, 0.3) is 0 Å². The Hall–Kier alpha value is -2.53. The van der Waals surface area contributed by atoms with Gasteiger partial charge in [0.1, 0.15) is 24.4 Å². The smallest absolute Gasteiger partial charge is 0.194 e. The van der Waals surface area contributed by atoms with Crippen LogP contribution >= 0.6 is 0 Å². The molecule has 218 valence electrons. The molecule has 0 unspecified atom stereocenters. The number of aliphatic hydroxyl groups excluding tert-OH is 4. The number of rotatable bonds is 12. The van der Waals surface area contributed by atoms with Crippen LogP contribution in [0.2, 0.25) is 0 Å². The van der Waals surface area contributed by atoms with Crippen LogP contribution in [0.3, 0.4) is 0 Å². The van der Waals surface area contributed by atoms with Gasteiger partial charge < -0.3 is 39.6 Å². The van der Waals surface area contributed by atoms with E-state index in [1.165, 1.54) is 13.2 Å². The topological polar surface area (TPSA) is 141 Å². The van der Waals surface area contributed by atoms with E-state index in [0.29, 0.717) is 17.9 Å². The average molecular weight is 548 g/mol. The molecule has 2 heterocycles. The molecule has 39 heavy (non-hydrogen) atoms. The summed E-state index contributed by atoms with van der Waals surface area (Å²) in [5.41, 5.74) is 4.55. The third kappa shape index (κ3) is 8.99. The summed E-state index contributed by atoms with van der Waals surface area (Å²) in [5.74, 6) is 0.339. The molecule has 5 N–H and O–H groups in total. The summed E-state index contributed by atoms with van der Waals surface area (Å²) in [6.07, 6.45) is 4.42. The zero-order valence-corrected chi connectivity index (χ0v) is 24.0. The van der Waals surface area contributed by atoms with Gasteiger partial charge in [0.05, 0.1) is 19.8 Å². The van der Waals surface area contributed by atoms with E-state index >= 15 is 0 Å². The molecule has 1 aliphatic rings. The second-order valence-electron chi connectivity index (χ2n) is 10.2. The van der Waals surface area contributed by atoms with E-state index in [1.54, 1.807) is 6.92 Å². The lowest BCUT2D eigenvalue weighted by molar-refractivity contribution is -0.310. The van der Waals surface area contributed by atoms with E-state index in [-0.39, 0.29) is 11.3 Å². The zero-order valence-electron chi connectivity index (χ0n) is 24.0. The van der Waals surface area contributed by atoms with Crippen molar-refractivity contribution in [3.63, 3.8) is 0 Å². The molecule has 9 heteroatoms. The molecule has 0 saturated carbocycles. The van der Waals surface area contributed by atoms with Gasteiger partial charge in [-0.05, 0) is 46.6 Å². The standard InChI is InChI=1S/C30H45NO8/c1-8-19(4)29(39-30-28(36)27(35)26(34)24(16-32)38-30)20(5)14-18(3)11-9-10-17(2)12-13-22-21(6)23(33)15-25(31-22)37-7/h8-9,11-12,14-15,20,24,26-30,32,34-36H,10,13,16H2,1-7H3,(H,31,33)/b11-9+,17-12+,18-14+,19-8+/t20-,24+,26+,27+,28+,29+,30+/m1/s1. The van der Waals surface area contributed by atoms with Gasteiger partial charge in [-0.2, -0.15) is 0 Å². The minimum absolute atomic E-state index is 0.0524. The monoisotopic (exact) mass is 547 g/mol. The number of aliphatic hydroxyl groups is 4. The van der Waals surface area contributed by atoms with Crippen molar-refractivity contribution in [2.75, 3.05) is 13.7 Å². The van der Waals surface area contributed by atoms with Gasteiger partial charge in [0, 0.05) is 29.7 Å². The molecule has 1 aliphatic heterocycles. The molecule has 1 fully saturated rings. The lowest BCUT2D eigenvalue weighted by Gasteiger charge is -2.41. The Morgan fingerprint density at radius 1 is 1.18 bits per heavy atom. The van der Waals surface area contributed by atoms with Crippen molar-refractivity contribution in [2.45, 2.75) is 91.2 Å². The fourth-order valence-electron chi connectivity index (χ4n) is 4.45. The Morgan fingerprint density at radius 2 is 1.87 bits per heavy atom. The van der Waals surface area contributed by atoms with E-state index in [4.69, 9.17) is 14.2 Å². The maximum Gasteiger partial charge on any atom is 0.194 e. The van der Waals surface area contributed by atoms with Crippen molar-refractivity contribution in [1.29, 1.82) is 0 Å². The van der Waals surface area contributed by atoms with Crippen LogP contribution in [0, 0.1) is 12.8 Å². The van der Waals surface area contributed by atoms with E-state index < -0.39 is 43.4 Å². The fraction of sp³-hybridized carbons (Fsp3) is 0.567. The lowest BCUT2D eigenvalue weighted by atomic mass is 9.94. The molecule has 0 amide bonds. The zero-order chi connectivity index (χ0) is 29.3. The summed E-state index contributed by atoms with van der Waals surface area (Å²) in [4.78, 5) is 15.2. The SMILES string of the molecule is C/C=C(\C)[C@H](O[C@@H]1O[C@@H](CO)[C@H](O)[C@H](O)[C@@H]1O)[C@H](C)/C=C(C)/C=C/C/C(C)=C/Cc1[nH]c(OC)cc(=O)c1C. The quantitative estimate of drug-likeness (QED) is 0.199. The molecule has 1 saturated heterocycles. The normalized spacial score (nSPS) is 26.6. The third-order valence-electron chi connectivity index (χ3n) is 7.09. The molecular weight excluding hydrogens is 502 g/mol. The van der Waals surface area contributed by atoms with Gasteiger partial charge in [-0.25, -0.2) is 0 Å². The molecule has 1 aromatic heterocycles. The number of allylic oxidation sites excluding steroid dienone is 6. The Balaban J connectivity index is 2.06. The highest BCUT2D eigenvalue weighted by atomic mass is 16.7. The highest BCUT2D eigenvalue weighted by molar-refractivity contribution is 5.27. The molecule has 0 spiro atoms. The first-order chi connectivity index (χ1) is 18.4. The molecule has 9 nitrogen and oxygen atoms in total. The van der Waals surface area contributed by atoms with Crippen molar-refractivity contribution in [1.82, 2.24) is 4.98 Å². The van der Waals surface area contributed by atoms with Crippen molar-refractivity contribution < 1.29 is 34.6 Å². The molecule has 2 rings (SSSR count). The molecule has 0 aromatic carbocycles. The molecular formula is C30H45NO8. The van der Waals surface area contributed by atoms with Gasteiger partial charge in [-0.1, -0.05) is 48.5 Å². The summed E-state index contributed by atoms with van der Waals surface area (Å²) in [7, 11) is 1.52. The molecule has 1 aromatic rings. The predicted octanol–water partition coefficient (Wildman–Crippen LogP) is 2.86. The van der Waals surface area contributed by atoms with Gasteiger partial charge in [0.2, 0.25) is 0 Å². The highest BCUT2D eigenvalue weighted by Gasteiger charge is 2.45. The van der Waals surface area contributed by atoms with E-state index in [0.717, 1.165) is 28.8 Å². The Morgan fingerprint density at radius 3 is 2.49 bits per heavy atom. The van der Waals surface area contributed by atoms with E-state index in [2.05, 4.69) is 23.2 Å². The number of nitrogens with one attached hydrogen (secondary N) is 1. The first-order valence-corrected chi connectivity index (χ1v) is 13.3. The van der Waals surface area contributed by atoms with Crippen LogP contribution in [0.1, 0.15) is 52.3 Å². The summed E-state index contributed by atoms with van der Waals surface area (Å²) in [6.45, 7) is 11.1. The Labute approximate surface area is 231 Å². The average Bonchev–Trinajstić information content (AvgIpc) is 2.91. The lowest BCUT2D eigenvalue weighted by Crippen LogP contribution is -2.60. The minimum Gasteiger partial charge on any atom is -0.482 e. The number of H-pyrrole nitrogens is 1. The van der Waals surface area contributed by atoms with E-state index in [9.17, 15) is 25.2 Å². The first kappa shape index (κ1) is 32.7. The van der Waals surface area contributed by atoms with Gasteiger partial charge >= 0.3 is 0 Å². The highest BCUT2D eigenvalue weighted by Crippen LogP contribution is 2.28. The molecule has 0 bridgehead atoms. The summed E-state index contributed by atoms with van der Waals surface area (Å²) < 4.78 is 16.8. The number of methoxy groups -OCH3 is 1. The summed E-state index contributed by atoms with van der Waals surface area (Å²) in [6, 6.07) is 1.45. The van der Waals surface area contributed by atoms with Crippen molar-refractivity contribution >= 4 is 0 Å². The minimum atomic E-state index is -1.49. The van der Waals surface area contributed by atoms with Crippen LogP contribution in [0.15, 0.2) is 58.0 Å². The van der Waals surface area contributed by atoms with Gasteiger partial charge in [0.15, 0.2) is 17.6 Å². The van der Waals surface area contributed by atoms with Crippen LogP contribution < -0.4 is 10.2 Å². The number of aromatic nitrogens is 1. The number of aromatic amines is 1. The number of hydrogen-bond acceptors (Lipinski definition) is 8. The molecule has 7 atom stereocenters. The van der Waals surface area contributed by atoms with Crippen LogP contribution in [-0.4, -0.2) is 75.9 Å².